The number of thiophene rings is 1. The highest BCUT2D eigenvalue weighted by Gasteiger charge is 2.17. The fraction of sp³-hybridized carbons (Fsp3) is 0.385. The van der Waals surface area contributed by atoms with Gasteiger partial charge < -0.3 is 11.1 Å². The molecule has 3 rings (SSSR count). The van der Waals surface area contributed by atoms with Crippen LogP contribution in [0.3, 0.4) is 0 Å². The van der Waals surface area contributed by atoms with Gasteiger partial charge in [0.25, 0.3) is 0 Å². The Bertz CT molecular complexity index is 500. The van der Waals surface area contributed by atoms with Gasteiger partial charge in [-0.3, -0.25) is 0 Å². The topological polar surface area (TPSA) is 38.0 Å². The summed E-state index contributed by atoms with van der Waals surface area (Å²) in [5, 5.41) is 7.07. The van der Waals surface area contributed by atoms with Crippen LogP contribution in [0.5, 0.6) is 0 Å². The molecule has 0 aliphatic heterocycles. The third-order valence-corrected chi connectivity index (χ3v) is 4.39. The summed E-state index contributed by atoms with van der Waals surface area (Å²) < 4.78 is 1.30. The lowest BCUT2D eigenvalue weighted by molar-refractivity contribution is 0.339. The molecule has 2 aromatic rings. The van der Waals surface area contributed by atoms with Crippen molar-refractivity contribution in [3.05, 3.63) is 29.1 Å². The molecule has 1 fully saturated rings. The van der Waals surface area contributed by atoms with Crippen molar-refractivity contribution in [1.82, 2.24) is 5.32 Å². The van der Waals surface area contributed by atoms with Crippen molar-refractivity contribution < 1.29 is 0 Å². The zero-order chi connectivity index (χ0) is 11.0. The van der Waals surface area contributed by atoms with Gasteiger partial charge in [0.2, 0.25) is 0 Å². The second-order valence-electron chi connectivity index (χ2n) is 4.49. The van der Waals surface area contributed by atoms with Crippen LogP contribution < -0.4 is 11.1 Å². The van der Waals surface area contributed by atoms with Crippen LogP contribution in [0.4, 0.5) is 5.69 Å². The van der Waals surface area contributed by atoms with Crippen molar-refractivity contribution in [3.8, 4) is 0 Å². The summed E-state index contributed by atoms with van der Waals surface area (Å²) in [6.07, 6.45) is 4.04. The number of nitrogen functional groups attached to an aromatic ring is 1. The maximum atomic E-state index is 6.03. The SMILES string of the molecule is Nc1cccc2scc(CNC3CCC3)c12. The van der Waals surface area contributed by atoms with E-state index in [2.05, 4.69) is 16.8 Å². The average molecular weight is 232 g/mol. The van der Waals surface area contributed by atoms with Crippen LogP contribution in [0.2, 0.25) is 0 Å². The number of nitrogens with two attached hydrogens (primary N) is 1. The summed E-state index contributed by atoms with van der Waals surface area (Å²) in [4.78, 5) is 0. The Morgan fingerprint density at radius 1 is 1.38 bits per heavy atom. The monoisotopic (exact) mass is 232 g/mol. The smallest absolute Gasteiger partial charge is 0.0405 e. The predicted octanol–water partition coefficient (Wildman–Crippen LogP) is 3.13. The Morgan fingerprint density at radius 3 is 3.00 bits per heavy atom. The van der Waals surface area contributed by atoms with E-state index in [4.69, 9.17) is 5.73 Å². The minimum atomic E-state index is 0.736. The highest BCUT2D eigenvalue weighted by atomic mass is 32.1. The summed E-state index contributed by atoms with van der Waals surface area (Å²) in [6, 6.07) is 6.89. The zero-order valence-electron chi connectivity index (χ0n) is 9.20. The molecule has 1 aromatic carbocycles. The van der Waals surface area contributed by atoms with E-state index in [1.165, 1.54) is 34.9 Å². The fourth-order valence-electron chi connectivity index (χ4n) is 2.18. The van der Waals surface area contributed by atoms with Crippen LogP contribution in [-0.2, 0) is 6.54 Å². The largest absolute Gasteiger partial charge is 0.398 e. The first-order chi connectivity index (χ1) is 7.84. The number of hydrogen-bond donors (Lipinski definition) is 2. The molecule has 0 amide bonds. The normalized spacial score (nSPS) is 16.5. The van der Waals surface area contributed by atoms with Crippen LogP contribution >= 0.6 is 11.3 Å². The van der Waals surface area contributed by atoms with E-state index in [1.54, 1.807) is 11.3 Å². The van der Waals surface area contributed by atoms with Gasteiger partial charge in [-0.05, 0) is 35.9 Å². The Labute approximate surface area is 99.5 Å². The van der Waals surface area contributed by atoms with Crippen LogP contribution in [0.15, 0.2) is 23.6 Å². The third-order valence-electron chi connectivity index (χ3n) is 3.39. The maximum absolute atomic E-state index is 6.03. The molecule has 2 nitrogen and oxygen atoms in total. The molecule has 1 saturated carbocycles. The van der Waals surface area contributed by atoms with Gasteiger partial charge in [-0.2, -0.15) is 0 Å². The molecule has 16 heavy (non-hydrogen) atoms. The molecule has 0 radical (unpaired) electrons. The van der Waals surface area contributed by atoms with Gasteiger partial charge in [0.05, 0.1) is 0 Å². The van der Waals surface area contributed by atoms with E-state index in [1.807, 2.05) is 12.1 Å². The molecule has 3 heteroatoms. The molecule has 1 aromatic heterocycles. The fourth-order valence-corrected chi connectivity index (χ4v) is 3.17. The quantitative estimate of drug-likeness (QED) is 0.798. The third kappa shape index (κ3) is 1.70. The van der Waals surface area contributed by atoms with Crippen molar-refractivity contribution in [2.75, 3.05) is 5.73 Å². The summed E-state index contributed by atoms with van der Waals surface area (Å²) in [6.45, 7) is 0.957. The number of rotatable bonds is 3. The number of nitrogens with one attached hydrogen (secondary N) is 1. The van der Waals surface area contributed by atoms with Crippen molar-refractivity contribution >= 4 is 27.1 Å². The van der Waals surface area contributed by atoms with Gasteiger partial charge in [-0.25, -0.2) is 0 Å². The van der Waals surface area contributed by atoms with Gasteiger partial charge in [0.1, 0.15) is 0 Å². The molecule has 1 aliphatic rings. The van der Waals surface area contributed by atoms with Crippen molar-refractivity contribution in [2.24, 2.45) is 0 Å². The molecule has 0 saturated heterocycles. The standard InChI is InChI=1S/C13H16N2S/c14-11-5-2-6-12-13(11)9(8-16-12)7-15-10-3-1-4-10/h2,5-6,8,10,15H,1,3-4,7,14H2. The van der Waals surface area contributed by atoms with Crippen LogP contribution in [0.1, 0.15) is 24.8 Å². The van der Waals surface area contributed by atoms with E-state index < -0.39 is 0 Å². The second-order valence-corrected chi connectivity index (χ2v) is 5.40. The number of fused-ring (bicyclic) bond motifs is 1. The maximum Gasteiger partial charge on any atom is 0.0405 e. The van der Waals surface area contributed by atoms with Crippen LogP contribution in [0, 0.1) is 0 Å². The van der Waals surface area contributed by atoms with E-state index in [9.17, 15) is 0 Å². The van der Waals surface area contributed by atoms with E-state index in [-0.39, 0.29) is 0 Å². The predicted molar refractivity (Wildman–Crippen MR) is 70.7 cm³/mol. The molecule has 0 bridgehead atoms. The zero-order valence-corrected chi connectivity index (χ0v) is 10.0. The summed E-state index contributed by atoms with van der Waals surface area (Å²) in [7, 11) is 0. The van der Waals surface area contributed by atoms with Crippen molar-refractivity contribution in [2.45, 2.75) is 31.8 Å². The first kappa shape index (κ1) is 10.1. The molecular weight excluding hydrogens is 216 g/mol. The summed E-state index contributed by atoms with van der Waals surface area (Å²) >= 11 is 1.79. The lowest BCUT2D eigenvalue weighted by Gasteiger charge is -2.26. The van der Waals surface area contributed by atoms with Crippen molar-refractivity contribution in [1.29, 1.82) is 0 Å². The summed E-state index contributed by atoms with van der Waals surface area (Å²) in [5.74, 6) is 0. The second kappa shape index (κ2) is 4.07. The first-order valence-electron chi connectivity index (χ1n) is 5.82. The molecule has 84 valence electrons. The Hall–Kier alpha value is -1.06. The molecule has 3 N–H and O–H groups in total. The molecular formula is C13H16N2S. The Morgan fingerprint density at radius 2 is 2.25 bits per heavy atom. The molecule has 0 atom stereocenters. The lowest BCUT2D eigenvalue weighted by atomic mass is 9.93. The number of hydrogen-bond acceptors (Lipinski definition) is 3. The highest BCUT2D eigenvalue weighted by Crippen LogP contribution is 2.31. The van der Waals surface area contributed by atoms with Gasteiger partial charge >= 0.3 is 0 Å². The van der Waals surface area contributed by atoms with Gasteiger partial charge in [0, 0.05) is 28.4 Å². The minimum Gasteiger partial charge on any atom is -0.398 e. The van der Waals surface area contributed by atoms with Gasteiger partial charge in [0.15, 0.2) is 0 Å². The van der Waals surface area contributed by atoms with Crippen LogP contribution in [0.25, 0.3) is 10.1 Å². The Kier molecular flexibility index (Phi) is 2.58. The van der Waals surface area contributed by atoms with Crippen molar-refractivity contribution in [3.63, 3.8) is 0 Å². The highest BCUT2D eigenvalue weighted by molar-refractivity contribution is 7.17. The molecule has 1 heterocycles. The molecule has 0 unspecified atom stereocenters. The molecule has 0 spiro atoms. The van der Waals surface area contributed by atoms with E-state index >= 15 is 0 Å². The molecule has 1 aliphatic carbocycles. The average Bonchev–Trinajstić information content (AvgIpc) is 2.61. The number of benzene rings is 1. The first-order valence-corrected chi connectivity index (χ1v) is 6.70. The van der Waals surface area contributed by atoms with E-state index in [0.717, 1.165) is 18.3 Å². The number of anilines is 1. The summed E-state index contributed by atoms with van der Waals surface area (Å²) in [5.41, 5.74) is 8.29. The van der Waals surface area contributed by atoms with Gasteiger partial charge in [-0.15, -0.1) is 11.3 Å². The lowest BCUT2D eigenvalue weighted by Crippen LogP contribution is -2.34. The minimum absolute atomic E-state index is 0.736. The van der Waals surface area contributed by atoms with Crippen LogP contribution in [-0.4, -0.2) is 6.04 Å². The van der Waals surface area contributed by atoms with Gasteiger partial charge in [-0.1, -0.05) is 12.5 Å². The van der Waals surface area contributed by atoms with E-state index in [0.29, 0.717) is 0 Å². The Balaban J connectivity index is 1.85.